The summed E-state index contributed by atoms with van der Waals surface area (Å²) in [5.41, 5.74) is -1.25. The maximum absolute atomic E-state index is 12.6. The van der Waals surface area contributed by atoms with Gasteiger partial charge in [-0.3, -0.25) is 4.98 Å². The van der Waals surface area contributed by atoms with Crippen LogP contribution in [0.5, 0.6) is 5.75 Å². The molecule has 1 aliphatic rings. The molecule has 2 rings (SSSR count). The van der Waals surface area contributed by atoms with Crippen LogP contribution in [0, 0.1) is 0 Å². The number of hydrogen-bond acceptors (Lipinski definition) is 4. The number of likely N-dealkylation sites (N-methyl/N-ethyl adjacent to an activating group) is 1. The molecule has 2 heterocycles. The standard InChI is InChI=1S/C14H17F3N2O3/c1-13(2,3)22-12(20)19(4)9-7-21-10-5-11(14(15,16)17)18-6-8(9)10/h5-6,9H,7H2,1-4H3. The Labute approximate surface area is 126 Å². The molecule has 0 aromatic carbocycles. The molecule has 0 radical (unpaired) electrons. The number of carbonyl (C=O) groups excluding carboxylic acids is 1. The molecule has 0 spiro atoms. The Morgan fingerprint density at radius 3 is 2.59 bits per heavy atom. The molecule has 8 heteroatoms. The first-order valence-electron chi connectivity index (χ1n) is 6.65. The fourth-order valence-corrected chi connectivity index (χ4v) is 2.02. The minimum absolute atomic E-state index is 0.0636. The van der Waals surface area contributed by atoms with Gasteiger partial charge >= 0.3 is 12.3 Å². The van der Waals surface area contributed by atoms with Crippen LogP contribution in [-0.4, -0.2) is 35.2 Å². The van der Waals surface area contributed by atoms with Crippen molar-refractivity contribution in [2.24, 2.45) is 0 Å². The number of rotatable bonds is 1. The number of nitrogens with zero attached hydrogens (tertiary/aromatic N) is 2. The molecular weight excluding hydrogens is 301 g/mol. The maximum atomic E-state index is 12.6. The van der Waals surface area contributed by atoms with E-state index < -0.39 is 29.6 Å². The number of hydrogen-bond donors (Lipinski definition) is 0. The highest BCUT2D eigenvalue weighted by Gasteiger charge is 2.37. The number of fused-ring (bicyclic) bond motifs is 1. The van der Waals surface area contributed by atoms with Crippen LogP contribution < -0.4 is 4.74 Å². The lowest BCUT2D eigenvalue weighted by atomic mass is 10.1. The first-order valence-corrected chi connectivity index (χ1v) is 6.65. The molecule has 0 bridgehead atoms. The molecule has 0 N–H and O–H groups in total. The quantitative estimate of drug-likeness (QED) is 0.796. The zero-order valence-electron chi connectivity index (χ0n) is 12.7. The number of pyridine rings is 1. The van der Waals surface area contributed by atoms with Crippen molar-refractivity contribution in [3.05, 3.63) is 23.5 Å². The van der Waals surface area contributed by atoms with E-state index in [-0.39, 0.29) is 12.4 Å². The molecule has 1 aromatic heterocycles. The largest absolute Gasteiger partial charge is 0.491 e. The van der Waals surface area contributed by atoms with Gasteiger partial charge in [0.05, 0.1) is 6.04 Å². The van der Waals surface area contributed by atoms with Gasteiger partial charge in [0, 0.05) is 24.9 Å². The third-order valence-corrected chi connectivity index (χ3v) is 3.09. The highest BCUT2D eigenvalue weighted by atomic mass is 19.4. The van der Waals surface area contributed by atoms with Gasteiger partial charge in [-0.05, 0) is 20.8 Å². The first kappa shape index (κ1) is 16.4. The summed E-state index contributed by atoms with van der Waals surface area (Å²) in [6.07, 6.45) is -4.02. The summed E-state index contributed by atoms with van der Waals surface area (Å²) >= 11 is 0. The highest BCUT2D eigenvalue weighted by molar-refractivity contribution is 5.69. The zero-order valence-corrected chi connectivity index (χ0v) is 12.7. The van der Waals surface area contributed by atoms with E-state index in [1.54, 1.807) is 20.8 Å². The number of aromatic nitrogens is 1. The van der Waals surface area contributed by atoms with Crippen LogP contribution in [0.15, 0.2) is 12.3 Å². The zero-order chi connectivity index (χ0) is 16.7. The summed E-state index contributed by atoms with van der Waals surface area (Å²) < 4.78 is 48.4. The molecule has 1 amide bonds. The van der Waals surface area contributed by atoms with Gasteiger partial charge < -0.3 is 14.4 Å². The van der Waals surface area contributed by atoms with Gasteiger partial charge in [0.2, 0.25) is 0 Å². The van der Waals surface area contributed by atoms with E-state index >= 15 is 0 Å². The second-order valence-electron chi connectivity index (χ2n) is 6.02. The van der Waals surface area contributed by atoms with Crippen molar-refractivity contribution in [1.82, 2.24) is 9.88 Å². The summed E-state index contributed by atoms with van der Waals surface area (Å²) in [7, 11) is 1.51. The molecule has 1 atom stereocenters. The van der Waals surface area contributed by atoms with Crippen molar-refractivity contribution in [3.63, 3.8) is 0 Å². The van der Waals surface area contributed by atoms with Gasteiger partial charge in [-0.1, -0.05) is 0 Å². The average molecular weight is 318 g/mol. The predicted octanol–water partition coefficient (Wildman–Crippen LogP) is 3.40. The molecule has 1 aromatic rings. The summed E-state index contributed by atoms with van der Waals surface area (Å²) in [6, 6.07) is 0.317. The fraction of sp³-hybridized carbons (Fsp3) is 0.571. The van der Waals surface area contributed by atoms with E-state index in [2.05, 4.69) is 4.98 Å². The summed E-state index contributed by atoms with van der Waals surface area (Å²) in [5, 5.41) is 0. The SMILES string of the molecule is CN(C(=O)OC(C)(C)C)C1COc2cc(C(F)(F)F)ncc21. The number of halogens is 3. The predicted molar refractivity (Wildman–Crippen MR) is 71.5 cm³/mol. The van der Waals surface area contributed by atoms with E-state index in [1.165, 1.54) is 11.9 Å². The number of ether oxygens (including phenoxy) is 2. The molecule has 122 valence electrons. The molecule has 5 nitrogen and oxygen atoms in total. The van der Waals surface area contributed by atoms with E-state index in [0.717, 1.165) is 12.3 Å². The van der Waals surface area contributed by atoms with Gasteiger partial charge in [-0.25, -0.2) is 4.79 Å². The molecule has 0 aliphatic carbocycles. The molecular formula is C14H17F3N2O3. The average Bonchev–Trinajstić information content (AvgIpc) is 2.77. The Bertz CT molecular complexity index is 582. The summed E-state index contributed by atoms with van der Waals surface area (Å²) in [6.45, 7) is 5.26. The van der Waals surface area contributed by atoms with Gasteiger partial charge in [0.25, 0.3) is 0 Å². The molecule has 22 heavy (non-hydrogen) atoms. The Kier molecular flexibility index (Phi) is 3.97. The fourth-order valence-electron chi connectivity index (χ4n) is 2.02. The van der Waals surface area contributed by atoms with Crippen LogP contribution in [0.4, 0.5) is 18.0 Å². The number of amides is 1. The normalized spacial score (nSPS) is 17.7. The lowest BCUT2D eigenvalue weighted by Crippen LogP contribution is -2.37. The Morgan fingerprint density at radius 1 is 1.41 bits per heavy atom. The number of alkyl halides is 3. The molecule has 1 aliphatic heterocycles. The van der Waals surface area contributed by atoms with E-state index in [9.17, 15) is 18.0 Å². The van der Waals surface area contributed by atoms with Crippen LogP contribution >= 0.6 is 0 Å². The lowest BCUT2D eigenvalue weighted by Gasteiger charge is -2.27. The second kappa shape index (κ2) is 5.33. The van der Waals surface area contributed by atoms with E-state index in [4.69, 9.17) is 9.47 Å². The highest BCUT2D eigenvalue weighted by Crippen LogP contribution is 2.39. The van der Waals surface area contributed by atoms with Crippen molar-refractivity contribution in [2.75, 3.05) is 13.7 Å². The van der Waals surface area contributed by atoms with Crippen LogP contribution in [0.2, 0.25) is 0 Å². The minimum atomic E-state index is -4.53. The van der Waals surface area contributed by atoms with Gasteiger partial charge in [-0.15, -0.1) is 0 Å². The summed E-state index contributed by atoms with van der Waals surface area (Å²) in [5.74, 6) is 0.0859. The van der Waals surface area contributed by atoms with Crippen molar-refractivity contribution < 1.29 is 27.4 Å². The van der Waals surface area contributed by atoms with E-state index in [1.807, 2.05) is 0 Å². The molecule has 0 saturated carbocycles. The van der Waals surface area contributed by atoms with Crippen molar-refractivity contribution in [3.8, 4) is 5.75 Å². The molecule has 1 unspecified atom stereocenters. The monoisotopic (exact) mass is 318 g/mol. The third-order valence-electron chi connectivity index (χ3n) is 3.09. The topological polar surface area (TPSA) is 51.7 Å². The Hall–Kier alpha value is -1.99. The Morgan fingerprint density at radius 2 is 2.05 bits per heavy atom. The van der Waals surface area contributed by atoms with Crippen molar-refractivity contribution in [2.45, 2.75) is 38.6 Å². The van der Waals surface area contributed by atoms with Crippen LogP contribution in [0.1, 0.15) is 38.1 Å². The van der Waals surface area contributed by atoms with Gasteiger partial charge in [0.15, 0.2) is 0 Å². The number of carbonyl (C=O) groups is 1. The minimum Gasteiger partial charge on any atom is -0.491 e. The second-order valence-corrected chi connectivity index (χ2v) is 6.02. The first-order chi connectivity index (χ1) is 9.99. The van der Waals surface area contributed by atoms with Crippen LogP contribution in [-0.2, 0) is 10.9 Å². The Balaban J connectivity index is 2.20. The lowest BCUT2D eigenvalue weighted by molar-refractivity contribution is -0.141. The smallest absolute Gasteiger partial charge is 0.433 e. The van der Waals surface area contributed by atoms with Gasteiger partial charge in [0.1, 0.15) is 23.7 Å². The van der Waals surface area contributed by atoms with Crippen molar-refractivity contribution in [1.29, 1.82) is 0 Å². The van der Waals surface area contributed by atoms with Crippen LogP contribution in [0.3, 0.4) is 0 Å². The van der Waals surface area contributed by atoms with Gasteiger partial charge in [-0.2, -0.15) is 13.2 Å². The van der Waals surface area contributed by atoms with E-state index in [0.29, 0.717) is 5.56 Å². The molecule has 0 fully saturated rings. The summed E-state index contributed by atoms with van der Waals surface area (Å²) in [4.78, 5) is 16.7. The molecule has 0 saturated heterocycles. The van der Waals surface area contributed by atoms with Crippen molar-refractivity contribution >= 4 is 6.09 Å². The maximum Gasteiger partial charge on any atom is 0.433 e. The van der Waals surface area contributed by atoms with Crippen LogP contribution in [0.25, 0.3) is 0 Å². The third kappa shape index (κ3) is 3.42.